The molecule has 0 bridgehead atoms. The van der Waals surface area contributed by atoms with E-state index in [1.807, 2.05) is 47.8 Å². The third-order valence-corrected chi connectivity index (χ3v) is 6.31. The third-order valence-electron chi connectivity index (χ3n) is 5.32. The lowest BCUT2D eigenvalue weighted by molar-refractivity contribution is -0.126. The second-order valence-corrected chi connectivity index (χ2v) is 9.09. The molecule has 2 amide bonds. The lowest BCUT2D eigenvalue weighted by Gasteiger charge is -2.15. The summed E-state index contributed by atoms with van der Waals surface area (Å²) in [5.74, 6) is 1.84. The highest BCUT2D eigenvalue weighted by Crippen LogP contribution is 2.43. The van der Waals surface area contributed by atoms with Gasteiger partial charge < -0.3 is 14.2 Å². The predicted octanol–water partition coefficient (Wildman–Crippen LogP) is 6.38. The van der Waals surface area contributed by atoms with Gasteiger partial charge >= 0.3 is 0 Å². The van der Waals surface area contributed by atoms with Crippen LogP contribution in [0.5, 0.6) is 23.0 Å². The van der Waals surface area contributed by atoms with Crippen molar-refractivity contribution in [3.05, 3.63) is 83.9 Å². The molecule has 1 saturated heterocycles. The number of halogens is 1. The van der Waals surface area contributed by atoms with Crippen LogP contribution in [0.2, 0.25) is 0 Å². The van der Waals surface area contributed by atoms with Gasteiger partial charge in [0.25, 0.3) is 16.1 Å². The topological polar surface area (TPSA) is 73.9 Å². The number of rotatable bonds is 11. The lowest BCUT2D eigenvalue weighted by atomic mass is 10.1. The molecule has 3 aromatic rings. The monoisotopic (exact) mass is 495 g/mol. The molecule has 1 fully saturated rings. The number of hydrogen-bond acceptors (Lipinski definition) is 6. The number of para-hydroxylation sites is 1. The Morgan fingerprint density at radius 2 is 1.60 bits per heavy atom. The summed E-state index contributed by atoms with van der Waals surface area (Å²) in [5, 5.41) is -1.14. The summed E-state index contributed by atoms with van der Waals surface area (Å²) in [6.45, 7) is 2.98. The fraction of sp³-hybridized carbons (Fsp3) is 0.259. The van der Waals surface area contributed by atoms with Gasteiger partial charge in [-0.25, -0.2) is 4.39 Å². The van der Waals surface area contributed by atoms with Gasteiger partial charge in [-0.05, 0) is 54.1 Å². The number of nitrogens with one attached hydrogen (secondary N) is 1. The number of amides is 2. The van der Waals surface area contributed by atoms with E-state index in [-0.39, 0.29) is 5.56 Å². The van der Waals surface area contributed by atoms with Crippen molar-refractivity contribution in [2.24, 2.45) is 0 Å². The van der Waals surface area contributed by atoms with Gasteiger partial charge in [0, 0.05) is 18.1 Å². The van der Waals surface area contributed by atoms with Crippen LogP contribution in [0.4, 0.5) is 9.18 Å². The minimum Gasteiger partial charge on any atom is -0.493 e. The van der Waals surface area contributed by atoms with Gasteiger partial charge in [0.2, 0.25) is 0 Å². The van der Waals surface area contributed by atoms with Crippen molar-refractivity contribution in [3.8, 4) is 23.0 Å². The Labute approximate surface area is 207 Å². The number of carbonyl (C=O) groups is 2. The second kappa shape index (κ2) is 11.3. The molecule has 0 spiro atoms. The molecule has 1 N–H and O–H groups in total. The predicted molar refractivity (Wildman–Crippen MR) is 133 cm³/mol. The molecule has 4 rings (SSSR count). The van der Waals surface area contributed by atoms with E-state index in [2.05, 4.69) is 13.0 Å². The molecular formula is C27H26FNO5S. The second-order valence-electron chi connectivity index (χ2n) is 7.95. The maximum absolute atomic E-state index is 14.8. The standard InChI is InChI=1S/C27H26FNO5S/c1-2-7-19-8-3-4-11-24(19)34-23-10-5-9-22(18-23)33-17-6-16-32-21-14-12-20(13-15-21)27(28)25(30)29-26(31)35-27/h3-5,8-15,18H,2,6-7,16-17H2,1H3,(H,29,30,31). The van der Waals surface area contributed by atoms with E-state index in [1.54, 1.807) is 12.1 Å². The van der Waals surface area contributed by atoms with Crippen molar-refractivity contribution >= 4 is 22.9 Å². The smallest absolute Gasteiger partial charge is 0.289 e. The van der Waals surface area contributed by atoms with Gasteiger partial charge in [0.15, 0.2) is 0 Å². The molecule has 1 aliphatic rings. The molecule has 0 saturated carbocycles. The Balaban J connectivity index is 1.23. The van der Waals surface area contributed by atoms with Crippen LogP contribution in [0.25, 0.3) is 0 Å². The summed E-state index contributed by atoms with van der Waals surface area (Å²) in [4.78, 5) is 23.0. The molecule has 1 aliphatic heterocycles. The fourth-order valence-electron chi connectivity index (χ4n) is 3.60. The summed E-state index contributed by atoms with van der Waals surface area (Å²) in [6.07, 6.45) is 2.63. The average molecular weight is 496 g/mol. The Kier molecular flexibility index (Phi) is 7.92. The van der Waals surface area contributed by atoms with Gasteiger partial charge in [-0.15, -0.1) is 0 Å². The van der Waals surface area contributed by atoms with E-state index in [9.17, 15) is 14.0 Å². The zero-order chi connectivity index (χ0) is 24.7. The third kappa shape index (κ3) is 6.14. The van der Waals surface area contributed by atoms with E-state index >= 15 is 0 Å². The first kappa shape index (κ1) is 24.6. The van der Waals surface area contributed by atoms with Gasteiger partial charge in [0.1, 0.15) is 23.0 Å². The van der Waals surface area contributed by atoms with Crippen LogP contribution >= 0.6 is 11.8 Å². The van der Waals surface area contributed by atoms with Crippen LogP contribution in [0, 0.1) is 0 Å². The minimum atomic E-state index is -2.40. The first-order valence-corrected chi connectivity index (χ1v) is 12.2. The van der Waals surface area contributed by atoms with Gasteiger partial charge in [-0.2, -0.15) is 0 Å². The molecule has 1 unspecified atom stereocenters. The number of hydrogen-bond donors (Lipinski definition) is 1. The van der Waals surface area contributed by atoms with Crippen LogP contribution in [0.1, 0.15) is 30.9 Å². The average Bonchev–Trinajstić information content (AvgIpc) is 3.13. The largest absolute Gasteiger partial charge is 0.493 e. The summed E-state index contributed by atoms with van der Waals surface area (Å²) in [5.41, 5.74) is 1.27. The molecule has 3 aromatic carbocycles. The Morgan fingerprint density at radius 1 is 0.886 bits per heavy atom. The van der Waals surface area contributed by atoms with Crippen LogP contribution < -0.4 is 19.5 Å². The maximum atomic E-state index is 14.8. The van der Waals surface area contributed by atoms with Crippen molar-refractivity contribution in [2.45, 2.75) is 31.2 Å². The first-order chi connectivity index (χ1) is 17.0. The highest BCUT2D eigenvalue weighted by molar-refractivity contribution is 8.15. The van der Waals surface area contributed by atoms with E-state index in [0.29, 0.717) is 48.6 Å². The molecule has 0 radical (unpaired) electrons. The molecule has 1 atom stereocenters. The molecule has 0 aliphatic carbocycles. The van der Waals surface area contributed by atoms with Gasteiger partial charge in [0.05, 0.1) is 13.2 Å². The molecule has 35 heavy (non-hydrogen) atoms. The maximum Gasteiger partial charge on any atom is 0.289 e. The highest BCUT2D eigenvalue weighted by atomic mass is 32.2. The van der Waals surface area contributed by atoms with Crippen molar-refractivity contribution in [3.63, 3.8) is 0 Å². The molecule has 0 aromatic heterocycles. The first-order valence-electron chi connectivity index (χ1n) is 11.4. The summed E-state index contributed by atoms with van der Waals surface area (Å²) in [7, 11) is 0. The molecule has 8 heteroatoms. The van der Waals surface area contributed by atoms with Gasteiger partial charge in [-0.3, -0.25) is 14.9 Å². The number of benzene rings is 3. The van der Waals surface area contributed by atoms with Crippen LogP contribution in [-0.4, -0.2) is 24.4 Å². The number of carbonyl (C=O) groups excluding carboxylic acids is 2. The minimum absolute atomic E-state index is 0.0981. The number of ether oxygens (including phenoxy) is 3. The molecular weight excluding hydrogens is 469 g/mol. The molecule has 1 heterocycles. The van der Waals surface area contributed by atoms with Crippen molar-refractivity contribution in [1.29, 1.82) is 0 Å². The van der Waals surface area contributed by atoms with Crippen molar-refractivity contribution in [1.82, 2.24) is 5.32 Å². The van der Waals surface area contributed by atoms with Gasteiger partial charge in [-0.1, -0.05) is 49.7 Å². The van der Waals surface area contributed by atoms with Crippen LogP contribution in [-0.2, 0) is 16.2 Å². The van der Waals surface area contributed by atoms with Crippen molar-refractivity contribution in [2.75, 3.05) is 13.2 Å². The summed E-state index contributed by atoms with van der Waals surface area (Å²) in [6, 6.07) is 21.6. The normalized spacial score (nSPS) is 17.2. The lowest BCUT2D eigenvalue weighted by Crippen LogP contribution is -2.30. The zero-order valence-electron chi connectivity index (χ0n) is 19.3. The number of aryl methyl sites for hydroxylation is 1. The van der Waals surface area contributed by atoms with E-state index in [0.717, 1.165) is 18.6 Å². The van der Waals surface area contributed by atoms with E-state index < -0.39 is 16.1 Å². The highest BCUT2D eigenvalue weighted by Gasteiger charge is 2.50. The zero-order valence-corrected chi connectivity index (χ0v) is 20.1. The number of thioether (sulfide) groups is 1. The Bertz CT molecular complexity index is 1190. The van der Waals surface area contributed by atoms with Crippen LogP contribution in [0.3, 0.4) is 0 Å². The Hall–Kier alpha value is -3.52. The quantitative estimate of drug-likeness (QED) is 0.311. The number of imide groups is 1. The summed E-state index contributed by atoms with van der Waals surface area (Å²) >= 11 is 0.329. The molecule has 6 nitrogen and oxygen atoms in total. The molecule has 182 valence electrons. The van der Waals surface area contributed by atoms with Crippen molar-refractivity contribution < 1.29 is 28.2 Å². The number of alkyl halides is 1. The van der Waals surface area contributed by atoms with E-state index in [1.165, 1.54) is 17.7 Å². The van der Waals surface area contributed by atoms with Crippen LogP contribution in [0.15, 0.2) is 72.8 Å². The Morgan fingerprint density at radius 3 is 2.31 bits per heavy atom. The SMILES string of the molecule is CCCc1ccccc1Oc1cccc(OCCCOc2ccc(C3(F)SC(=O)NC3=O)cc2)c1. The summed E-state index contributed by atoms with van der Waals surface area (Å²) < 4.78 is 32.4. The van der Waals surface area contributed by atoms with E-state index in [4.69, 9.17) is 14.2 Å². The fourth-order valence-corrected chi connectivity index (χ4v) is 4.40.